The van der Waals surface area contributed by atoms with Crippen molar-refractivity contribution in [2.75, 3.05) is 0 Å². The predicted molar refractivity (Wildman–Crippen MR) is 94.9 cm³/mol. The Morgan fingerprint density at radius 3 is 1.93 bits per heavy atom. The molecule has 4 rings (SSSR count). The lowest BCUT2D eigenvalue weighted by Gasteiger charge is -2.21. The first kappa shape index (κ1) is 16.9. The molecule has 27 heavy (non-hydrogen) atoms. The maximum absolute atomic E-state index is 13.4. The van der Waals surface area contributed by atoms with Gasteiger partial charge in [0.25, 0.3) is 0 Å². The van der Waals surface area contributed by atoms with Gasteiger partial charge in [0.15, 0.2) is 5.78 Å². The molecular formula is C21H15FO5. The number of hydrogen-bond acceptors (Lipinski definition) is 5. The van der Waals surface area contributed by atoms with Crippen molar-refractivity contribution in [2.45, 2.75) is 11.8 Å². The van der Waals surface area contributed by atoms with E-state index in [9.17, 15) is 29.6 Å². The molecule has 0 heterocycles. The highest BCUT2D eigenvalue weighted by Crippen LogP contribution is 2.52. The van der Waals surface area contributed by atoms with E-state index in [0.717, 1.165) is 12.1 Å². The van der Waals surface area contributed by atoms with Crippen LogP contribution in [0.2, 0.25) is 0 Å². The first-order valence-corrected chi connectivity index (χ1v) is 8.23. The lowest BCUT2D eigenvalue weighted by atomic mass is 9.81. The summed E-state index contributed by atoms with van der Waals surface area (Å²) >= 11 is 0. The van der Waals surface area contributed by atoms with Crippen LogP contribution in [0.5, 0.6) is 23.0 Å². The second-order valence-electron chi connectivity index (χ2n) is 6.58. The van der Waals surface area contributed by atoms with E-state index in [0.29, 0.717) is 16.7 Å². The first-order valence-electron chi connectivity index (χ1n) is 8.23. The Hall–Kier alpha value is -3.54. The molecule has 3 aromatic rings. The van der Waals surface area contributed by atoms with Crippen molar-refractivity contribution < 1.29 is 29.6 Å². The molecule has 2 atom stereocenters. The van der Waals surface area contributed by atoms with Gasteiger partial charge in [-0.25, -0.2) is 4.39 Å². The molecule has 5 nitrogen and oxygen atoms in total. The van der Waals surface area contributed by atoms with Crippen LogP contribution in [0, 0.1) is 5.82 Å². The van der Waals surface area contributed by atoms with E-state index in [2.05, 4.69) is 0 Å². The molecule has 4 N–H and O–H groups in total. The number of rotatable bonds is 2. The number of hydrogen-bond donors (Lipinski definition) is 4. The van der Waals surface area contributed by atoms with Crippen molar-refractivity contribution in [2.24, 2.45) is 0 Å². The van der Waals surface area contributed by atoms with E-state index in [4.69, 9.17) is 0 Å². The number of fused-ring (bicyclic) bond motifs is 1. The second-order valence-corrected chi connectivity index (χ2v) is 6.58. The van der Waals surface area contributed by atoms with E-state index in [1.807, 2.05) is 0 Å². The molecule has 1 aliphatic rings. The Morgan fingerprint density at radius 1 is 0.704 bits per heavy atom. The highest BCUT2D eigenvalue weighted by molar-refractivity contribution is 6.08. The van der Waals surface area contributed by atoms with Crippen LogP contribution in [-0.2, 0) is 0 Å². The summed E-state index contributed by atoms with van der Waals surface area (Å²) in [7, 11) is 0. The van der Waals surface area contributed by atoms with Crippen LogP contribution < -0.4 is 0 Å². The van der Waals surface area contributed by atoms with Crippen LogP contribution in [0.4, 0.5) is 4.39 Å². The van der Waals surface area contributed by atoms with Gasteiger partial charge in [-0.3, -0.25) is 4.79 Å². The monoisotopic (exact) mass is 366 g/mol. The fraction of sp³-hybridized carbons (Fsp3) is 0.0952. The van der Waals surface area contributed by atoms with E-state index < -0.39 is 17.7 Å². The zero-order valence-corrected chi connectivity index (χ0v) is 13.9. The summed E-state index contributed by atoms with van der Waals surface area (Å²) < 4.78 is 13.4. The van der Waals surface area contributed by atoms with Crippen LogP contribution in [0.1, 0.15) is 38.9 Å². The quantitative estimate of drug-likeness (QED) is 0.554. The van der Waals surface area contributed by atoms with Gasteiger partial charge in [0.1, 0.15) is 28.8 Å². The van der Waals surface area contributed by atoms with Crippen LogP contribution in [0.15, 0.2) is 54.6 Å². The van der Waals surface area contributed by atoms with Gasteiger partial charge < -0.3 is 20.4 Å². The molecule has 0 radical (unpaired) electrons. The van der Waals surface area contributed by atoms with Crippen LogP contribution >= 0.6 is 0 Å². The molecule has 0 spiro atoms. The second kappa shape index (κ2) is 6.02. The average Bonchev–Trinajstić information content (AvgIpc) is 2.88. The summed E-state index contributed by atoms with van der Waals surface area (Å²) in [6.45, 7) is 0. The summed E-state index contributed by atoms with van der Waals surface area (Å²) in [6, 6.07) is 11.8. The zero-order chi connectivity index (χ0) is 19.3. The normalized spacial score (nSPS) is 18.5. The van der Waals surface area contributed by atoms with Gasteiger partial charge in [-0.15, -0.1) is 0 Å². The molecule has 0 aromatic heterocycles. The van der Waals surface area contributed by atoms with E-state index in [1.54, 1.807) is 0 Å². The van der Waals surface area contributed by atoms with Gasteiger partial charge in [0.05, 0.1) is 5.92 Å². The van der Waals surface area contributed by atoms with Crippen molar-refractivity contribution in [1.29, 1.82) is 0 Å². The molecule has 0 bridgehead atoms. The van der Waals surface area contributed by atoms with Gasteiger partial charge in [0.2, 0.25) is 0 Å². The number of carbonyl (C=O) groups is 1. The summed E-state index contributed by atoms with van der Waals surface area (Å²) in [4.78, 5) is 13.1. The Balaban J connectivity index is 1.97. The molecule has 136 valence electrons. The zero-order valence-electron chi connectivity index (χ0n) is 13.9. The van der Waals surface area contributed by atoms with Gasteiger partial charge in [0, 0.05) is 29.2 Å². The lowest BCUT2D eigenvalue weighted by molar-refractivity contribution is 0.0968. The molecule has 0 amide bonds. The molecular weight excluding hydrogens is 351 g/mol. The number of ketones is 1. The lowest BCUT2D eigenvalue weighted by Crippen LogP contribution is -2.13. The molecule has 0 aliphatic heterocycles. The van der Waals surface area contributed by atoms with Crippen molar-refractivity contribution >= 4 is 5.78 Å². The summed E-state index contributed by atoms with van der Waals surface area (Å²) in [5.41, 5.74) is 1.39. The summed E-state index contributed by atoms with van der Waals surface area (Å²) in [6.07, 6.45) is 0. The number of phenols is 4. The molecule has 3 aromatic carbocycles. The van der Waals surface area contributed by atoms with Crippen molar-refractivity contribution in [3.63, 3.8) is 0 Å². The summed E-state index contributed by atoms with van der Waals surface area (Å²) in [5, 5.41) is 39.9. The van der Waals surface area contributed by atoms with E-state index >= 15 is 0 Å². The van der Waals surface area contributed by atoms with Crippen molar-refractivity contribution in [3.05, 3.63) is 82.7 Å². The molecule has 0 saturated heterocycles. The highest BCUT2D eigenvalue weighted by Gasteiger charge is 2.44. The fourth-order valence-corrected chi connectivity index (χ4v) is 3.81. The third-order valence-electron chi connectivity index (χ3n) is 4.85. The average molecular weight is 366 g/mol. The molecule has 1 aliphatic carbocycles. The first-order chi connectivity index (χ1) is 12.8. The number of carbonyl (C=O) groups excluding carboxylic acids is 1. The van der Waals surface area contributed by atoms with Crippen molar-refractivity contribution in [1.82, 2.24) is 0 Å². The maximum atomic E-state index is 13.4. The number of phenolic OH excluding ortho intramolecular Hbond substituents is 4. The van der Waals surface area contributed by atoms with Crippen molar-refractivity contribution in [3.8, 4) is 23.0 Å². The Morgan fingerprint density at radius 2 is 1.30 bits per heavy atom. The topological polar surface area (TPSA) is 98.0 Å². The molecule has 0 saturated carbocycles. The van der Waals surface area contributed by atoms with Crippen LogP contribution in [-0.4, -0.2) is 26.2 Å². The molecule has 0 unspecified atom stereocenters. The standard InChI is InChI=1S/C21H15FO5/c22-12-3-1-10(2-4-12)18-19(11-5-13(23)7-14(24)6-11)21(27)16-8-15(25)9-17(26)20(16)18/h1-9,18-19,23-26H/t18-,19-/m0/s1. The Kier molecular flexibility index (Phi) is 3.77. The number of aromatic hydroxyl groups is 4. The number of benzene rings is 3. The largest absolute Gasteiger partial charge is 0.508 e. The Labute approximate surface area is 153 Å². The maximum Gasteiger partial charge on any atom is 0.171 e. The summed E-state index contributed by atoms with van der Waals surface area (Å²) in [5.74, 6) is -3.28. The smallest absolute Gasteiger partial charge is 0.171 e. The van der Waals surface area contributed by atoms with Crippen LogP contribution in [0.25, 0.3) is 0 Å². The van der Waals surface area contributed by atoms with Gasteiger partial charge in [-0.05, 0) is 41.5 Å². The minimum atomic E-state index is -0.865. The van der Waals surface area contributed by atoms with Gasteiger partial charge >= 0.3 is 0 Å². The Bertz CT molecular complexity index is 1040. The minimum absolute atomic E-state index is 0.148. The highest BCUT2D eigenvalue weighted by atomic mass is 19.1. The number of Topliss-reactive ketones (excluding diaryl/α,β-unsaturated/α-hetero) is 1. The van der Waals surface area contributed by atoms with Gasteiger partial charge in [-0.1, -0.05) is 12.1 Å². The molecule has 6 heteroatoms. The fourth-order valence-electron chi connectivity index (χ4n) is 3.81. The SMILES string of the molecule is O=C1c2cc(O)cc(O)c2[C@@H](c2ccc(F)cc2)[C@@H]1c1cc(O)cc(O)c1. The minimum Gasteiger partial charge on any atom is -0.508 e. The third-order valence-corrected chi connectivity index (χ3v) is 4.85. The number of halogens is 1. The van der Waals surface area contributed by atoms with Gasteiger partial charge in [-0.2, -0.15) is 0 Å². The van der Waals surface area contributed by atoms with E-state index in [-0.39, 0.29) is 34.3 Å². The predicted octanol–water partition coefficient (Wildman–Crippen LogP) is 3.76. The van der Waals surface area contributed by atoms with E-state index in [1.165, 1.54) is 42.5 Å². The van der Waals surface area contributed by atoms with Crippen LogP contribution in [0.3, 0.4) is 0 Å². The third kappa shape index (κ3) is 2.75. The molecule has 0 fully saturated rings.